The quantitative estimate of drug-likeness (QED) is 0.199. The predicted molar refractivity (Wildman–Crippen MR) is 54.0 cm³/mol. The van der Waals surface area contributed by atoms with Crippen molar-refractivity contribution < 1.29 is 34.5 Å². The third kappa shape index (κ3) is 48000. The highest BCUT2D eigenvalue weighted by Gasteiger charge is 1.70. The third-order valence-corrected chi connectivity index (χ3v) is 0. The second-order valence-corrected chi connectivity index (χ2v) is 4.47. The second kappa shape index (κ2) is 12.8. The summed E-state index contributed by atoms with van der Waals surface area (Å²) in [6, 6.07) is 0. The molecular weight excluding hydrogens is 251 g/mol. The molecule has 0 rings (SSSR count). The molecule has 0 unspecified atom stereocenters. The summed E-state index contributed by atoms with van der Waals surface area (Å²) < 4.78 is 30.0. The lowest BCUT2D eigenvalue weighted by Crippen LogP contribution is -3.00. The first-order valence-corrected chi connectivity index (χ1v) is 5.31. The van der Waals surface area contributed by atoms with Crippen LogP contribution in [0.1, 0.15) is 0 Å². The van der Waals surface area contributed by atoms with E-state index in [9.17, 15) is 0 Å². The van der Waals surface area contributed by atoms with Crippen LogP contribution in [-0.4, -0.2) is 63.7 Å². The van der Waals surface area contributed by atoms with Crippen LogP contribution in [0.25, 0.3) is 0 Å². The maximum Gasteiger partial charge on any atom is 0.181 e. The summed E-state index contributed by atoms with van der Waals surface area (Å²) in [5, 5.41) is 0. The SMILES string of the molecule is C=[N+](C)C.C=[N+](C)C.O=S(=O)([O-])Cl.[Cl-]. The van der Waals surface area contributed by atoms with Gasteiger partial charge < -0.3 is 17.0 Å². The molecule has 0 saturated heterocycles. The van der Waals surface area contributed by atoms with Gasteiger partial charge in [0, 0.05) is 10.7 Å². The molecular formula is C6H16Cl2N2O3S. The van der Waals surface area contributed by atoms with Crippen molar-refractivity contribution in [3.63, 3.8) is 0 Å². The van der Waals surface area contributed by atoms with Gasteiger partial charge in [0.2, 0.25) is 0 Å². The number of hydrogen-bond donors (Lipinski definition) is 0. The molecule has 14 heavy (non-hydrogen) atoms. The molecule has 0 bridgehead atoms. The highest BCUT2D eigenvalue weighted by molar-refractivity contribution is 8.09. The Morgan fingerprint density at radius 1 is 1.07 bits per heavy atom. The number of rotatable bonds is 0. The molecule has 0 aliphatic carbocycles. The fourth-order valence-corrected chi connectivity index (χ4v) is 0. The van der Waals surface area contributed by atoms with Gasteiger partial charge in [0.1, 0.15) is 41.6 Å². The summed E-state index contributed by atoms with van der Waals surface area (Å²) in [7, 11) is 7.06. The molecule has 0 N–H and O–H groups in total. The molecule has 0 fully saturated rings. The number of halogens is 2. The molecule has 0 radical (unpaired) electrons. The minimum absolute atomic E-state index is 0. The van der Waals surface area contributed by atoms with Gasteiger partial charge in [-0.3, -0.25) is 0 Å². The van der Waals surface area contributed by atoms with Crippen molar-refractivity contribution in [2.24, 2.45) is 0 Å². The Balaban J connectivity index is -0.0000000522. The fourth-order valence-electron chi connectivity index (χ4n) is 0. The average Bonchev–Trinajstić information content (AvgIpc) is 1.50. The third-order valence-electron chi connectivity index (χ3n) is 0. The lowest BCUT2D eigenvalue weighted by atomic mass is 11.1. The van der Waals surface area contributed by atoms with Gasteiger partial charge in [-0.25, -0.2) is 17.6 Å². The van der Waals surface area contributed by atoms with E-state index < -0.39 is 9.33 Å². The van der Waals surface area contributed by atoms with E-state index >= 15 is 0 Å². The van der Waals surface area contributed by atoms with Crippen LogP contribution in [-0.2, 0) is 9.33 Å². The first-order valence-electron chi connectivity index (χ1n) is 3.08. The Bertz CT molecular complexity index is 224. The Labute approximate surface area is 96.4 Å². The molecule has 0 amide bonds. The van der Waals surface area contributed by atoms with E-state index in [-0.39, 0.29) is 12.4 Å². The lowest BCUT2D eigenvalue weighted by Gasteiger charge is -1.86. The Morgan fingerprint density at radius 2 is 1.07 bits per heavy atom. The van der Waals surface area contributed by atoms with Gasteiger partial charge in [-0.2, -0.15) is 0 Å². The van der Waals surface area contributed by atoms with Crippen molar-refractivity contribution in [1.82, 2.24) is 0 Å². The number of nitrogens with zero attached hydrogens (tertiary/aromatic N) is 2. The van der Waals surface area contributed by atoms with Crippen molar-refractivity contribution in [3.05, 3.63) is 0 Å². The maximum atomic E-state index is 8.84. The molecule has 0 aliphatic heterocycles. The van der Waals surface area contributed by atoms with Crippen molar-refractivity contribution in [3.8, 4) is 0 Å². The molecule has 0 saturated carbocycles. The van der Waals surface area contributed by atoms with Crippen LogP contribution in [0.4, 0.5) is 0 Å². The van der Waals surface area contributed by atoms with E-state index in [0.29, 0.717) is 0 Å². The zero-order valence-corrected chi connectivity index (χ0v) is 11.0. The molecule has 0 spiro atoms. The molecule has 88 valence electrons. The van der Waals surface area contributed by atoms with Gasteiger partial charge in [-0.05, 0) is 0 Å². The van der Waals surface area contributed by atoms with Gasteiger partial charge in [-0.15, -0.1) is 0 Å². The molecule has 0 heterocycles. The van der Waals surface area contributed by atoms with Crippen LogP contribution in [0.15, 0.2) is 0 Å². The molecule has 5 nitrogen and oxygen atoms in total. The van der Waals surface area contributed by atoms with Gasteiger partial charge in [0.05, 0.1) is 0 Å². The molecule has 0 aromatic carbocycles. The predicted octanol–water partition coefficient (Wildman–Crippen LogP) is -3.39. The number of hydrogen-bond acceptors (Lipinski definition) is 3. The zero-order chi connectivity index (χ0) is 11.7. The Morgan fingerprint density at radius 3 is 1.07 bits per heavy atom. The molecule has 8 heteroatoms. The smallest absolute Gasteiger partial charge is 0.181 e. The summed E-state index contributed by atoms with van der Waals surface area (Å²) in [6.07, 6.45) is 0. The van der Waals surface area contributed by atoms with Crippen LogP contribution in [0.3, 0.4) is 0 Å². The van der Waals surface area contributed by atoms with Crippen molar-refractivity contribution in [2.45, 2.75) is 0 Å². The first kappa shape index (κ1) is 23.6. The van der Waals surface area contributed by atoms with E-state index in [1.54, 1.807) is 9.15 Å². The topological polar surface area (TPSA) is 63.2 Å². The monoisotopic (exact) mass is 266 g/mol. The Kier molecular flexibility index (Phi) is 21.6. The van der Waals surface area contributed by atoms with Crippen molar-refractivity contribution >= 4 is 33.4 Å². The fraction of sp³-hybridized carbons (Fsp3) is 0.667. The summed E-state index contributed by atoms with van der Waals surface area (Å²) in [6.45, 7) is 6.94. The highest BCUT2D eigenvalue weighted by Crippen LogP contribution is 1.82. The lowest BCUT2D eigenvalue weighted by molar-refractivity contribution is -0.454. The largest absolute Gasteiger partial charge is 1.00 e. The van der Waals surface area contributed by atoms with Gasteiger partial charge in [0.25, 0.3) is 0 Å². The van der Waals surface area contributed by atoms with Gasteiger partial charge in [0.15, 0.2) is 9.33 Å². The molecule has 0 atom stereocenters. The average molecular weight is 267 g/mol. The minimum Gasteiger partial charge on any atom is -1.00 e. The van der Waals surface area contributed by atoms with Crippen LogP contribution in [0.2, 0.25) is 0 Å². The van der Waals surface area contributed by atoms with E-state index in [1.165, 1.54) is 0 Å². The summed E-state index contributed by atoms with van der Waals surface area (Å²) in [5.41, 5.74) is 0. The summed E-state index contributed by atoms with van der Waals surface area (Å²) >= 11 is 0. The minimum atomic E-state index is -4.44. The Hall–Kier alpha value is -0.170. The van der Waals surface area contributed by atoms with Crippen LogP contribution < -0.4 is 12.4 Å². The van der Waals surface area contributed by atoms with Crippen LogP contribution >= 0.6 is 10.7 Å². The standard InChI is InChI=1S/2C3H8N.ClHO3S.ClH/c2*1-4(2)3;1-5(2,3)4;/h2*1H2,2-3H3;(H,2,3,4);1H/q2*+1;;/p-2. The molecule has 0 aromatic rings. The van der Waals surface area contributed by atoms with Crippen LogP contribution in [0.5, 0.6) is 0 Å². The van der Waals surface area contributed by atoms with Crippen molar-refractivity contribution in [1.29, 1.82) is 0 Å². The second-order valence-electron chi connectivity index (χ2n) is 2.55. The molecule has 0 aromatic heterocycles. The molecule has 0 aliphatic rings. The van der Waals surface area contributed by atoms with Gasteiger partial charge >= 0.3 is 0 Å². The summed E-state index contributed by atoms with van der Waals surface area (Å²) in [5.74, 6) is 0. The highest BCUT2D eigenvalue weighted by atomic mass is 35.7. The summed E-state index contributed by atoms with van der Waals surface area (Å²) in [4.78, 5) is 0. The maximum absolute atomic E-state index is 8.84. The van der Waals surface area contributed by atoms with E-state index in [1.807, 2.05) is 28.2 Å². The van der Waals surface area contributed by atoms with Gasteiger partial charge in [-0.1, -0.05) is 0 Å². The van der Waals surface area contributed by atoms with E-state index in [4.69, 9.17) is 13.0 Å². The zero-order valence-electron chi connectivity index (χ0n) is 8.70. The van der Waals surface area contributed by atoms with Crippen molar-refractivity contribution in [2.75, 3.05) is 28.2 Å². The first-order chi connectivity index (χ1) is 5.46. The normalized spacial score (nSPS) is 7.86. The van der Waals surface area contributed by atoms with E-state index in [0.717, 1.165) is 0 Å². The van der Waals surface area contributed by atoms with Crippen LogP contribution in [0, 0.1) is 0 Å². The van der Waals surface area contributed by atoms with E-state index in [2.05, 4.69) is 24.1 Å².